The van der Waals surface area contributed by atoms with Crippen LogP contribution in [0, 0.1) is 0 Å². The zero-order chi connectivity index (χ0) is 29.5. The zero-order valence-corrected chi connectivity index (χ0v) is 24.9. The third-order valence-electron chi connectivity index (χ3n) is 6.13. The molecule has 0 bridgehead atoms. The maximum absolute atomic E-state index is 13.3. The van der Waals surface area contributed by atoms with Crippen molar-refractivity contribution in [1.82, 2.24) is 4.90 Å². The molecule has 3 aromatic carbocycles. The molecule has 0 aliphatic carbocycles. The van der Waals surface area contributed by atoms with E-state index in [1.165, 1.54) is 16.7 Å². The number of carbonyl (C=O) groups excluding carboxylic acids is 1. The van der Waals surface area contributed by atoms with Gasteiger partial charge in [0, 0.05) is 15.6 Å². The lowest BCUT2D eigenvalue weighted by molar-refractivity contribution is -0.122. The number of amides is 1. The number of ether oxygens (including phenoxy) is 3. The Bertz CT molecular complexity index is 1650. The molecule has 0 unspecified atom stereocenters. The summed E-state index contributed by atoms with van der Waals surface area (Å²) in [5, 5.41) is 10.2. The monoisotopic (exact) mass is 621 g/mol. The lowest BCUT2D eigenvalue weighted by Gasteiger charge is -2.13. The van der Waals surface area contributed by atoms with Gasteiger partial charge in [0.25, 0.3) is 5.91 Å². The number of nitrogens with zero attached hydrogens (tertiary/aromatic N) is 3. The van der Waals surface area contributed by atoms with Gasteiger partial charge in [0.2, 0.25) is 0 Å². The van der Waals surface area contributed by atoms with Crippen LogP contribution in [0.15, 0.2) is 98.6 Å². The van der Waals surface area contributed by atoms with E-state index < -0.39 is 0 Å². The van der Waals surface area contributed by atoms with E-state index in [-0.39, 0.29) is 19.1 Å². The summed E-state index contributed by atoms with van der Waals surface area (Å²) in [4.78, 5) is 15.4. The van der Waals surface area contributed by atoms with Gasteiger partial charge >= 0.3 is 0 Å². The van der Waals surface area contributed by atoms with Crippen LogP contribution in [-0.2, 0) is 17.9 Å². The first kappa shape index (κ1) is 29.3. The number of carbonyl (C=O) groups is 1. The summed E-state index contributed by atoms with van der Waals surface area (Å²) >= 11 is 13.5. The van der Waals surface area contributed by atoms with Crippen LogP contribution in [0.5, 0.6) is 17.2 Å². The molecule has 2 heterocycles. The van der Waals surface area contributed by atoms with E-state index in [1.54, 1.807) is 63.1 Å². The highest BCUT2D eigenvalue weighted by Crippen LogP contribution is 2.34. The summed E-state index contributed by atoms with van der Waals surface area (Å²) in [7, 11) is 3.17. The first-order valence-corrected chi connectivity index (χ1v) is 14.2. The Balaban J connectivity index is 1.33. The van der Waals surface area contributed by atoms with Crippen LogP contribution in [0.25, 0.3) is 6.08 Å². The fourth-order valence-corrected chi connectivity index (χ4v) is 5.35. The Morgan fingerprint density at radius 3 is 2.48 bits per heavy atom. The van der Waals surface area contributed by atoms with E-state index in [9.17, 15) is 4.79 Å². The minimum atomic E-state index is -0.190. The summed E-state index contributed by atoms with van der Waals surface area (Å²) in [5.74, 6) is 2.24. The van der Waals surface area contributed by atoms with Crippen molar-refractivity contribution in [2.24, 2.45) is 10.2 Å². The van der Waals surface area contributed by atoms with E-state index >= 15 is 0 Å². The van der Waals surface area contributed by atoms with Crippen molar-refractivity contribution in [1.29, 1.82) is 0 Å². The molecule has 1 fully saturated rings. The zero-order valence-electron chi connectivity index (χ0n) is 22.6. The predicted molar refractivity (Wildman–Crippen MR) is 167 cm³/mol. The molecule has 1 aliphatic rings. The fraction of sp³-hybridized carbons (Fsp3) is 0.129. The molecule has 1 aliphatic heterocycles. The van der Waals surface area contributed by atoms with E-state index in [1.807, 2.05) is 42.5 Å². The normalized spacial score (nSPS) is 15.2. The Kier molecular flexibility index (Phi) is 9.53. The van der Waals surface area contributed by atoms with Crippen LogP contribution in [0.2, 0.25) is 10.0 Å². The van der Waals surface area contributed by atoms with Crippen molar-refractivity contribution in [3.8, 4) is 17.2 Å². The predicted octanol–water partition coefficient (Wildman–Crippen LogP) is 7.69. The van der Waals surface area contributed by atoms with Gasteiger partial charge in [-0.2, -0.15) is 5.10 Å². The highest BCUT2D eigenvalue weighted by Gasteiger charge is 2.34. The number of benzene rings is 3. The molecule has 1 amide bonds. The Hall–Kier alpha value is -4.18. The third-order valence-corrected chi connectivity index (χ3v) is 7.72. The standard InChI is InChI=1S/C31H25Cl2N3O5S/c1-38-24-10-5-20(6-11-24)15-29-30(37)36(18-25-4-3-13-40-25)31(42-29)35-34-17-21-7-12-27(28(14-21)39-2)41-19-22-8-9-23(32)16-26(22)33/h3-17H,18-19H2,1-2H3/b29-15-,34-17-,35-31+. The van der Waals surface area contributed by atoms with Crippen LogP contribution in [0.4, 0.5) is 0 Å². The number of furan rings is 1. The van der Waals surface area contributed by atoms with Gasteiger partial charge in [-0.05, 0) is 83.6 Å². The van der Waals surface area contributed by atoms with E-state index in [2.05, 4.69) is 10.2 Å². The quantitative estimate of drug-likeness (QED) is 0.102. The van der Waals surface area contributed by atoms with Crippen molar-refractivity contribution in [3.63, 3.8) is 0 Å². The summed E-state index contributed by atoms with van der Waals surface area (Å²) in [6, 6.07) is 21.7. The van der Waals surface area contributed by atoms with E-state index in [0.717, 1.165) is 22.4 Å². The van der Waals surface area contributed by atoms with E-state index in [0.29, 0.717) is 37.4 Å². The SMILES string of the molecule is COc1ccc(/C=C2\S/C(=N/N=C\c3ccc(OCc4ccc(Cl)cc4Cl)c(OC)c3)N(Cc3ccco3)C2=O)cc1. The Morgan fingerprint density at radius 2 is 1.76 bits per heavy atom. The first-order chi connectivity index (χ1) is 20.4. The van der Waals surface area contributed by atoms with Gasteiger partial charge in [0.05, 0.1) is 38.1 Å². The fourth-order valence-electron chi connectivity index (χ4n) is 3.95. The first-order valence-electron chi connectivity index (χ1n) is 12.7. The Morgan fingerprint density at radius 1 is 0.952 bits per heavy atom. The van der Waals surface area contributed by atoms with Crippen LogP contribution < -0.4 is 14.2 Å². The summed E-state index contributed by atoms with van der Waals surface area (Å²) in [6.07, 6.45) is 4.96. The van der Waals surface area contributed by atoms with Gasteiger partial charge in [-0.1, -0.05) is 41.4 Å². The van der Waals surface area contributed by atoms with E-state index in [4.69, 9.17) is 41.8 Å². The molecule has 0 saturated carbocycles. The lowest BCUT2D eigenvalue weighted by atomic mass is 10.2. The molecule has 4 aromatic rings. The maximum Gasteiger partial charge on any atom is 0.267 e. The molecule has 8 nitrogen and oxygen atoms in total. The second-order valence-corrected chi connectivity index (χ2v) is 10.8. The van der Waals surface area contributed by atoms with Crippen LogP contribution in [-0.4, -0.2) is 36.4 Å². The summed E-state index contributed by atoms with van der Waals surface area (Å²) in [5.41, 5.74) is 2.39. The molecule has 11 heteroatoms. The molecule has 0 N–H and O–H groups in total. The average Bonchev–Trinajstić information content (AvgIpc) is 3.62. The van der Waals surface area contributed by atoms with Gasteiger partial charge < -0.3 is 18.6 Å². The molecule has 1 aromatic heterocycles. The number of hydrogen-bond acceptors (Lipinski definition) is 8. The largest absolute Gasteiger partial charge is 0.497 e. The second kappa shape index (κ2) is 13.7. The molecule has 214 valence electrons. The van der Waals surface area contributed by atoms with Gasteiger partial charge in [-0.15, -0.1) is 5.10 Å². The molecule has 42 heavy (non-hydrogen) atoms. The smallest absolute Gasteiger partial charge is 0.267 e. The van der Waals surface area contributed by atoms with Gasteiger partial charge in [0.1, 0.15) is 18.1 Å². The highest BCUT2D eigenvalue weighted by molar-refractivity contribution is 8.18. The molecular formula is C31H25Cl2N3O5S. The number of methoxy groups -OCH3 is 2. The number of halogens is 2. The molecule has 1 saturated heterocycles. The van der Waals surface area contributed by atoms with Crippen LogP contribution >= 0.6 is 35.0 Å². The number of amidine groups is 1. The molecule has 0 spiro atoms. The molecule has 0 atom stereocenters. The summed E-state index contributed by atoms with van der Waals surface area (Å²) in [6.45, 7) is 0.473. The van der Waals surface area contributed by atoms with Crippen molar-refractivity contribution in [3.05, 3.63) is 116 Å². The minimum absolute atomic E-state index is 0.190. The number of rotatable bonds is 10. The van der Waals surface area contributed by atoms with Crippen molar-refractivity contribution in [2.45, 2.75) is 13.2 Å². The average molecular weight is 623 g/mol. The molecular weight excluding hydrogens is 597 g/mol. The van der Waals surface area contributed by atoms with Crippen molar-refractivity contribution in [2.75, 3.05) is 14.2 Å². The van der Waals surface area contributed by atoms with Gasteiger partial charge in [0.15, 0.2) is 16.7 Å². The van der Waals surface area contributed by atoms with Crippen molar-refractivity contribution < 1.29 is 23.4 Å². The van der Waals surface area contributed by atoms with Crippen molar-refractivity contribution >= 4 is 58.3 Å². The summed E-state index contributed by atoms with van der Waals surface area (Å²) < 4.78 is 22.1. The van der Waals surface area contributed by atoms with Crippen LogP contribution in [0.1, 0.15) is 22.5 Å². The number of thioether (sulfide) groups is 1. The number of hydrogen-bond donors (Lipinski definition) is 0. The van der Waals surface area contributed by atoms with Gasteiger partial charge in [-0.3, -0.25) is 9.69 Å². The second-order valence-electron chi connectivity index (χ2n) is 8.92. The minimum Gasteiger partial charge on any atom is -0.497 e. The third kappa shape index (κ3) is 7.17. The van der Waals surface area contributed by atoms with Crippen LogP contribution in [0.3, 0.4) is 0 Å². The Labute approximate surface area is 257 Å². The van der Waals surface area contributed by atoms with Gasteiger partial charge in [-0.25, -0.2) is 0 Å². The topological polar surface area (TPSA) is 85.9 Å². The maximum atomic E-state index is 13.3. The highest BCUT2D eigenvalue weighted by atomic mass is 35.5. The molecule has 0 radical (unpaired) electrons. The molecule has 5 rings (SSSR count). The lowest BCUT2D eigenvalue weighted by Crippen LogP contribution is -2.28.